The molecule has 5 nitrogen and oxygen atoms in total. The lowest BCUT2D eigenvalue weighted by molar-refractivity contribution is -0.0311. The van der Waals surface area contributed by atoms with Crippen LogP contribution in [-0.2, 0) is 17.9 Å². The predicted molar refractivity (Wildman–Crippen MR) is 134 cm³/mol. The molecule has 0 aliphatic carbocycles. The zero-order chi connectivity index (χ0) is 23.3. The number of halogens is 1. The topological polar surface area (TPSA) is 42.0 Å². The van der Waals surface area contributed by atoms with Crippen molar-refractivity contribution < 1.29 is 14.3 Å². The van der Waals surface area contributed by atoms with Gasteiger partial charge in [-0.15, -0.1) is 0 Å². The molecule has 3 aliphatic heterocycles. The molecule has 3 aromatic carbocycles. The number of nitrogens with zero attached hydrogens (tertiary/aromatic N) is 2. The Kier molecular flexibility index (Phi) is 7.02. The number of hydrogen-bond acceptors (Lipinski definition) is 4. The highest BCUT2D eigenvalue weighted by molar-refractivity contribution is 6.30. The SMILES string of the molecule is O=C(OC1CN2CCC1CC2)N(Cc1cccc(OCc2ccccc2)c1)c1cccc(Cl)c1. The van der Waals surface area contributed by atoms with Gasteiger partial charge in [-0.3, -0.25) is 9.80 Å². The Labute approximate surface area is 205 Å². The van der Waals surface area contributed by atoms with E-state index >= 15 is 0 Å². The summed E-state index contributed by atoms with van der Waals surface area (Å²) in [5.74, 6) is 1.21. The number of carbonyl (C=O) groups is 1. The molecular weight excluding hydrogens is 448 g/mol. The van der Waals surface area contributed by atoms with E-state index in [0.29, 0.717) is 24.1 Å². The van der Waals surface area contributed by atoms with Crippen LogP contribution in [0.4, 0.5) is 10.5 Å². The minimum absolute atomic E-state index is 0.0581. The minimum atomic E-state index is -0.336. The number of hydrogen-bond donors (Lipinski definition) is 0. The third kappa shape index (κ3) is 5.54. The van der Waals surface area contributed by atoms with Gasteiger partial charge in [-0.05, 0) is 73.3 Å². The normalized spacial score (nSPS) is 21.1. The van der Waals surface area contributed by atoms with Gasteiger partial charge in [0.05, 0.1) is 6.54 Å². The Balaban J connectivity index is 1.32. The molecule has 3 aliphatic rings. The maximum Gasteiger partial charge on any atom is 0.414 e. The van der Waals surface area contributed by atoms with Crippen LogP contribution >= 0.6 is 11.6 Å². The second kappa shape index (κ2) is 10.5. The van der Waals surface area contributed by atoms with E-state index in [1.54, 1.807) is 17.0 Å². The molecular formula is C28H29ClN2O3. The van der Waals surface area contributed by atoms with E-state index in [9.17, 15) is 4.79 Å². The number of piperidine rings is 3. The van der Waals surface area contributed by atoms with E-state index in [1.165, 1.54) is 0 Å². The molecule has 0 spiro atoms. The third-order valence-electron chi connectivity index (χ3n) is 6.68. The standard InChI is InChI=1S/C28H29ClN2O3/c29-24-9-5-10-25(17-24)31(28(32)34-27-19-30-14-12-23(27)13-15-30)18-22-8-4-11-26(16-22)33-20-21-6-2-1-3-7-21/h1-11,16-17,23,27H,12-15,18-20H2. The average Bonchev–Trinajstić information content (AvgIpc) is 2.87. The molecule has 176 valence electrons. The Morgan fingerprint density at radius 3 is 2.44 bits per heavy atom. The van der Waals surface area contributed by atoms with Crippen LogP contribution in [0.5, 0.6) is 5.75 Å². The first kappa shape index (κ1) is 22.8. The second-order valence-electron chi connectivity index (χ2n) is 9.05. The molecule has 3 aromatic rings. The molecule has 2 bridgehead atoms. The summed E-state index contributed by atoms with van der Waals surface area (Å²) in [6, 6.07) is 25.3. The van der Waals surface area contributed by atoms with Gasteiger partial charge in [0, 0.05) is 17.3 Å². The summed E-state index contributed by atoms with van der Waals surface area (Å²) in [7, 11) is 0. The molecule has 1 atom stereocenters. The van der Waals surface area contributed by atoms with E-state index in [-0.39, 0.29) is 12.2 Å². The summed E-state index contributed by atoms with van der Waals surface area (Å²) in [6.07, 6.45) is 1.79. The molecule has 3 fully saturated rings. The fourth-order valence-corrected chi connectivity index (χ4v) is 4.98. The fourth-order valence-electron chi connectivity index (χ4n) is 4.80. The quantitative estimate of drug-likeness (QED) is 0.409. The molecule has 6 heteroatoms. The number of benzene rings is 3. The van der Waals surface area contributed by atoms with Crippen LogP contribution < -0.4 is 9.64 Å². The number of carbonyl (C=O) groups excluding carboxylic acids is 1. The molecule has 6 rings (SSSR count). The molecule has 3 heterocycles. The number of amides is 1. The molecule has 0 saturated carbocycles. The van der Waals surface area contributed by atoms with Crippen LogP contribution in [0, 0.1) is 5.92 Å². The highest BCUT2D eigenvalue weighted by Gasteiger charge is 2.37. The first-order valence-corrected chi connectivity index (χ1v) is 12.2. The van der Waals surface area contributed by atoms with Crippen molar-refractivity contribution in [2.45, 2.75) is 32.1 Å². The predicted octanol–water partition coefficient (Wildman–Crippen LogP) is 6.16. The summed E-state index contributed by atoms with van der Waals surface area (Å²) in [5, 5.41) is 0.582. The lowest BCUT2D eigenvalue weighted by Crippen LogP contribution is -2.53. The zero-order valence-corrected chi connectivity index (χ0v) is 19.9. The van der Waals surface area contributed by atoms with Crippen molar-refractivity contribution >= 4 is 23.4 Å². The van der Waals surface area contributed by atoms with Crippen LogP contribution in [0.25, 0.3) is 0 Å². The van der Waals surface area contributed by atoms with Crippen molar-refractivity contribution in [3.05, 3.63) is 95.0 Å². The zero-order valence-electron chi connectivity index (χ0n) is 19.1. The summed E-state index contributed by atoms with van der Waals surface area (Å²) < 4.78 is 12.1. The van der Waals surface area contributed by atoms with Crippen LogP contribution in [0.2, 0.25) is 5.02 Å². The smallest absolute Gasteiger partial charge is 0.414 e. The van der Waals surface area contributed by atoms with E-state index in [4.69, 9.17) is 21.1 Å². The molecule has 34 heavy (non-hydrogen) atoms. The molecule has 1 amide bonds. The van der Waals surface area contributed by atoms with Crippen molar-refractivity contribution in [3.63, 3.8) is 0 Å². The third-order valence-corrected chi connectivity index (χ3v) is 6.91. The Morgan fingerprint density at radius 1 is 0.941 bits per heavy atom. The number of rotatable bonds is 7. The fraction of sp³-hybridized carbons (Fsp3) is 0.321. The maximum absolute atomic E-state index is 13.4. The average molecular weight is 477 g/mol. The Morgan fingerprint density at radius 2 is 1.71 bits per heavy atom. The lowest BCUT2D eigenvalue weighted by Gasteiger charge is -2.44. The first-order chi connectivity index (χ1) is 16.6. The van der Waals surface area contributed by atoms with Gasteiger partial charge in [0.25, 0.3) is 0 Å². The largest absolute Gasteiger partial charge is 0.489 e. The number of fused-ring (bicyclic) bond motifs is 3. The van der Waals surface area contributed by atoms with E-state index in [2.05, 4.69) is 4.90 Å². The van der Waals surface area contributed by atoms with Gasteiger partial charge in [-0.2, -0.15) is 0 Å². The molecule has 0 aromatic heterocycles. The summed E-state index contributed by atoms with van der Waals surface area (Å²) in [5.41, 5.74) is 2.78. The highest BCUT2D eigenvalue weighted by Crippen LogP contribution is 2.31. The van der Waals surface area contributed by atoms with Crippen molar-refractivity contribution in [3.8, 4) is 5.75 Å². The van der Waals surface area contributed by atoms with Crippen molar-refractivity contribution in [2.24, 2.45) is 5.92 Å². The highest BCUT2D eigenvalue weighted by atomic mass is 35.5. The van der Waals surface area contributed by atoms with Gasteiger partial charge in [0.2, 0.25) is 0 Å². The van der Waals surface area contributed by atoms with Crippen LogP contribution in [0.15, 0.2) is 78.9 Å². The van der Waals surface area contributed by atoms with Gasteiger partial charge < -0.3 is 9.47 Å². The molecule has 0 N–H and O–H groups in total. The van der Waals surface area contributed by atoms with E-state index in [1.807, 2.05) is 66.7 Å². The van der Waals surface area contributed by atoms with Crippen molar-refractivity contribution in [2.75, 3.05) is 24.5 Å². The molecule has 0 radical (unpaired) electrons. The van der Waals surface area contributed by atoms with Gasteiger partial charge in [-0.1, -0.05) is 60.1 Å². The monoisotopic (exact) mass is 476 g/mol. The summed E-state index contributed by atoms with van der Waals surface area (Å²) in [6.45, 7) is 3.88. The lowest BCUT2D eigenvalue weighted by atomic mass is 9.86. The van der Waals surface area contributed by atoms with Gasteiger partial charge in [-0.25, -0.2) is 4.79 Å². The first-order valence-electron chi connectivity index (χ1n) is 11.9. The maximum atomic E-state index is 13.4. The summed E-state index contributed by atoms with van der Waals surface area (Å²) in [4.78, 5) is 17.5. The van der Waals surface area contributed by atoms with Gasteiger partial charge in [0.15, 0.2) is 0 Å². The summed E-state index contributed by atoms with van der Waals surface area (Å²) >= 11 is 6.26. The van der Waals surface area contributed by atoms with Gasteiger partial charge >= 0.3 is 6.09 Å². The van der Waals surface area contributed by atoms with Crippen LogP contribution in [0.1, 0.15) is 24.0 Å². The minimum Gasteiger partial charge on any atom is -0.489 e. The van der Waals surface area contributed by atoms with Crippen LogP contribution in [0.3, 0.4) is 0 Å². The molecule has 1 unspecified atom stereocenters. The van der Waals surface area contributed by atoms with Gasteiger partial charge in [0.1, 0.15) is 18.5 Å². The van der Waals surface area contributed by atoms with Crippen LogP contribution in [-0.4, -0.2) is 36.7 Å². The number of ether oxygens (including phenoxy) is 2. The second-order valence-corrected chi connectivity index (χ2v) is 9.48. The van der Waals surface area contributed by atoms with E-state index in [0.717, 1.165) is 55.0 Å². The number of anilines is 1. The van der Waals surface area contributed by atoms with Crippen molar-refractivity contribution in [1.29, 1.82) is 0 Å². The van der Waals surface area contributed by atoms with E-state index < -0.39 is 0 Å². The molecule has 3 saturated heterocycles. The Bertz CT molecular complexity index is 1120. The van der Waals surface area contributed by atoms with Crippen molar-refractivity contribution in [1.82, 2.24) is 4.90 Å². The Hall–Kier alpha value is -3.02.